The molecule has 0 N–H and O–H groups in total. The lowest BCUT2D eigenvalue weighted by Crippen LogP contribution is -2.54. The van der Waals surface area contributed by atoms with Crippen LogP contribution in [0, 0.1) is 35.5 Å². The molecule has 22 heavy (non-hydrogen) atoms. The van der Waals surface area contributed by atoms with Gasteiger partial charge in [0.2, 0.25) is 0 Å². The van der Waals surface area contributed by atoms with Gasteiger partial charge >= 0.3 is 0 Å². The Morgan fingerprint density at radius 3 is 2.73 bits per heavy atom. The van der Waals surface area contributed by atoms with Gasteiger partial charge in [-0.25, -0.2) is 0 Å². The normalized spacial score (nSPS) is 47.5. The van der Waals surface area contributed by atoms with Crippen LogP contribution in [0.2, 0.25) is 0 Å². The van der Waals surface area contributed by atoms with Gasteiger partial charge in [0.25, 0.3) is 0 Å². The molecular formula is C21H34N-. The lowest BCUT2D eigenvalue weighted by molar-refractivity contribution is -0.0285. The Morgan fingerprint density at radius 1 is 1.36 bits per heavy atom. The molecular weight excluding hydrogens is 266 g/mol. The molecule has 1 nitrogen and oxygen atoms in total. The van der Waals surface area contributed by atoms with Gasteiger partial charge in [-0.05, 0) is 69.1 Å². The minimum atomic E-state index is 0.212. The Labute approximate surface area is 137 Å². The first-order valence-electron chi connectivity index (χ1n) is 9.30. The van der Waals surface area contributed by atoms with Crippen molar-refractivity contribution in [2.24, 2.45) is 35.5 Å². The molecule has 0 radical (unpaired) electrons. The Balaban J connectivity index is 2.02. The van der Waals surface area contributed by atoms with Crippen molar-refractivity contribution in [1.82, 2.24) is 0 Å². The second-order valence-electron chi connectivity index (χ2n) is 8.80. The first-order chi connectivity index (χ1) is 10.4. The van der Waals surface area contributed by atoms with E-state index in [4.69, 9.17) is 5.32 Å². The third kappa shape index (κ3) is 2.50. The molecule has 0 aromatic heterocycles. The van der Waals surface area contributed by atoms with E-state index in [-0.39, 0.29) is 5.54 Å². The van der Waals surface area contributed by atoms with Gasteiger partial charge in [0.05, 0.1) is 0 Å². The van der Waals surface area contributed by atoms with Crippen LogP contribution in [-0.4, -0.2) is 12.6 Å². The zero-order chi connectivity index (χ0) is 16.1. The lowest BCUT2D eigenvalue weighted by Gasteiger charge is -2.64. The number of rotatable bonds is 2. The first-order valence-corrected chi connectivity index (χ1v) is 9.30. The maximum atomic E-state index is 4.88. The molecule has 3 aliphatic rings. The van der Waals surface area contributed by atoms with Gasteiger partial charge in [-0.3, -0.25) is 0 Å². The predicted molar refractivity (Wildman–Crippen MR) is 96.0 cm³/mol. The van der Waals surface area contributed by atoms with Crippen LogP contribution in [0.15, 0.2) is 23.3 Å². The second kappa shape index (κ2) is 5.82. The Bertz CT molecular complexity index is 484. The van der Waals surface area contributed by atoms with E-state index in [1.807, 2.05) is 0 Å². The molecule has 7 atom stereocenters. The van der Waals surface area contributed by atoms with Crippen molar-refractivity contribution in [2.75, 3.05) is 7.05 Å². The van der Waals surface area contributed by atoms with E-state index in [9.17, 15) is 0 Å². The van der Waals surface area contributed by atoms with Crippen LogP contribution in [0.5, 0.6) is 0 Å². The molecule has 2 saturated carbocycles. The summed E-state index contributed by atoms with van der Waals surface area (Å²) in [6.07, 6.45) is 10.5. The fourth-order valence-corrected chi connectivity index (χ4v) is 6.15. The summed E-state index contributed by atoms with van der Waals surface area (Å²) in [6.45, 7) is 11.9. The lowest BCUT2D eigenvalue weighted by atomic mass is 9.47. The van der Waals surface area contributed by atoms with Crippen molar-refractivity contribution >= 4 is 0 Å². The summed E-state index contributed by atoms with van der Waals surface area (Å²) in [6, 6.07) is 0. The van der Waals surface area contributed by atoms with Crippen LogP contribution in [0.1, 0.15) is 60.3 Å². The predicted octanol–water partition coefficient (Wildman–Crippen LogP) is 5.98. The molecule has 0 unspecified atom stereocenters. The maximum absolute atomic E-state index is 4.88. The quantitative estimate of drug-likeness (QED) is 0.557. The molecule has 0 aromatic rings. The highest BCUT2D eigenvalue weighted by Crippen LogP contribution is 2.60. The summed E-state index contributed by atoms with van der Waals surface area (Å²) in [5.74, 6) is 4.94. The van der Waals surface area contributed by atoms with E-state index in [1.165, 1.54) is 31.3 Å². The summed E-state index contributed by atoms with van der Waals surface area (Å²) in [5.41, 5.74) is 3.37. The van der Waals surface area contributed by atoms with Crippen molar-refractivity contribution in [3.63, 3.8) is 0 Å². The van der Waals surface area contributed by atoms with Gasteiger partial charge in [-0.15, -0.1) is 5.54 Å². The summed E-state index contributed by atoms with van der Waals surface area (Å²) in [4.78, 5) is 0. The molecule has 3 rings (SSSR count). The zero-order valence-electron chi connectivity index (χ0n) is 15.4. The van der Waals surface area contributed by atoms with Crippen molar-refractivity contribution in [3.05, 3.63) is 28.6 Å². The Morgan fingerprint density at radius 2 is 2.09 bits per heavy atom. The van der Waals surface area contributed by atoms with Crippen molar-refractivity contribution in [1.29, 1.82) is 0 Å². The minimum Gasteiger partial charge on any atom is -0.659 e. The van der Waals surface area contributed by atoms with Gasteiger partial charge in [0, 0.05) is 0 Å². The average molecular weight is 301 g/mol. The van der Waals surface area contributed by atoms with E-state index in [0.717, 1.165) is 35.5 Å². The molecule has 3 aliphatic carbocycles. The van der Waals surface area contributed by atoms with Crippen molar-refractivity contribution in [3.8, 4) is 0 Å². The fraction of sp³-hybridized carbons (Fsp3) is 0.810. The van der Waals surface area contributed by atoms with Gasteiger partial charge in [-0.1, -0.05) is 50.0 Å². The smallest absolute Gasteiger partial charge is 0.0109 e. The van der Waals surface area contributed by atoms with Gasteiger partial charge in [-0.2, -0.15) is 7.05 Å². The molecule has 2 fully saturated rings. The van der Waals surface area contributed by atoms with E-state index in [0.29, 0.717) is 0 Å². The van der Waals surface area contributed by atoms with Crippen LogP contribution >= 0.6 is 0 Å². The molecule has 1 heteroatoms. The molecule has 0 saturated heterocycles. The number of hydrogen-bond acceptors (Lipinski definition) is 0. The second-order valence-corrected chi connectivity index (χ2v) is 8.80. The minimum absolute atomic E-state index is 0.212. The molecule has 0 aromatic carbocycles. The highest BCUT2D eigenvalue weighted by atomic mass is 15.0. The van der Waals surface area contributed by atoms with Crippen molar-refractivity contribution < 1.29 is 0 Å². The van der Waals surface area contributed by atoms with Crippen LogP contribution in [0.25, 0.3) is 5.32 Å². The van der Waals surface area contributed by atoms with Gasteiger partial charge in [0.1, 0.15) is 0 Å². The summed E-state index contributed by atoms with van der Waals surface area (Å²) in [7, 11) is 2.06. The zero-order valence-corrected chi connectivity index (χ0v) is 15.4. The third-order valence-electron chi connectivity index (χ3n) is 7.27. The number of allylic oxidation sites excluding steroid dienone is 4. The molecule has 124 valence electrons. The highest BCUT2D eigenvalue weighted by molar-refractivity contribution is 5.25. The monoisotopic (exact) mass is 300 g/mol. The Hall–Kier alpha value is -0.560. The van der Waals surface area contributed by atoms with E-state index in [2.05, 4.69) is 53.8 Å². The van der Waals surface area contributed by atoms with Gasteiger partial charge in [0.15, 0.2) is 0 Å². The SMILES string of the molecule is C[N-][C@@]1(C)CC[C@H]2[C@H]3[C@@H](C(C)=CC[C@@H]31)[C@@H](C=C(C)C)C[C@@H]2C. The van der Waals surface area contributed by atoms with E-state index in [1.54, 1.807) is 5.57 Å². The molecule has 0 bridgehead atoms. The Kier molecular flexibility index (Phi) is 4.31. The van der Waals surface area contributed by atoms with Gasteiger partial charge < -0.3 is 5.32 Å². The molecule has 0 amide bonds. The van der Waals surface area contributed by atoms with Crippen LogP contribution in [0.3, 0.4) is 0 Å². The standard InChI is InChI=1S/C21H34N/c1-13(2)11-16-12-15(4)17-9-10-21(5,22-6)18-8-7-14(3)19(16)20(17)18/h7,11,15-20H,8-10,12H2,1-6H3/q-1/t15-,16-,17+,18-,19-,20+,21-/m0/s1. The van der Waals surface area contributed by atoms with Crippen LogP contribution in [0.4, 0.5) is 0 Å². The maximum Gasteiger partial charge on any atom is -0.0109 e. The topological polar surface area (TPSA) is 14.1 Å². The summed E-state index contributed by atoms with van der Waals surface area (Å²) < 4.78 is 0. The van der Waals surface area contributed by atoms with Crippen molar-refractivity contribution in [2.45, 2.75) is 65.8 Å². The molecule has 0 aliphatic heterocycles. The molecule has 0 heterocycles. The van der Waals surface area contributed by atoms with E-state index >= 15 is 0 Å². The van der Waals surface area contributed by atoms with Crippen LogP contribution < -0.4 is 0 Å². The number of hydrogen-bond donors (Lipinski definition) is 0. The summed E-state index contributed by atoms with van der Waals surface area (Å²) in [5, 5.41) is 4.88. The van der Waals surface area contributed by atoms with E-state index < -0.39 is 0 Å². The molecule has 0 spiro atoms. The largest absolute Gasteiger partial charge is 0.659 e. The summed E-state index contributed by atoms with van der Waals surface area (Å²) >= 11 is 0. The van der Waals surface area contributed by atoms with Crippen LogP contribution in [-0.2, 0) is 0 Å². The average Bonchev–Trinajstić information content (AvgIpc) is 2.45. The number of nitrogens with zero attached hydrogens (tertiary/aromatic N) is 1. The first kappa shape index (κ1) is 16.3. The third-order valence-corrected chi connectivity index (χ3v) is 7.27. The highest BCUT2D eigenvalue weighted by Gasteiger charge is 2.52. The fourth-order valence-electron chi connectivity index (χ4n) is 6.15.